The molecule has 1 aliphatic rings. The van der Waals surface area contributed by atoms with Crippen LogP contribution in [0, 0.1) is 6.92 Å². The Morgan fingerprint density at radius 3 is 2.86 bits per heavy atom. The highest BCUT2D eigenvalue weighted by Crippen LogP contribution is 2.34. The van der Waals surface area contributed by atoms with Crippen LogP contribution in [0.4, 0.5) is 0 Å². The molecule has 7 nitrogen and oxygen atoms in total. The summed E-state index contributed by atoms with van der Waals surface area (Å²) in [4.78, 5) is 23.3. The quantitative estimate of drug-likeness (QED) is 0.692. The first-order valence-electron chi connectivity index (χ1n) is 9.73. The van der Waals surface area contributed by atoms with Crippen molar-refractivity contribution in [1.82, 2.24) is 19.8 Å². The van der Waals surface area contributed by atoms with Gasteiger partial charge in [0.15, 0.2) is 0 Å². The molecule has 2 aromatic heterocycles. The van der Waals surface area contributed by atoms with Crippen LogP contribution in [0.15, 0.2) is 36.7 Å². The number of methoxy groups -OCH3 is 1. The molecule has 0 aliphatic carbocycles. The van der Waals surface area contributed by atoms with Crippen molar-refractivity contribution >= 4 is 16.9 Å². The van der Waals surface area contributed by atoms with Crippen LogP contribution in [-0.4, -0.2) is 64.6 Å². The van der Waals surface area contributed by atoms with Crippen molar-refractivity contribution in [1.29, 1.82) is 0 Å². The van der Waals surface area contributed by atoms with Gasteiger partial charge in [0.2, 0.25) is 0 Å². The van der Waals surface area contributed by atoms with Gasteiger partial charge in [-0.2, -0.15) is 0 Å². The number of fused-ring (bicyclic) bond motifs is 1. The average Bonchev–Trinajstić information content (AvgIpc) is 3.21. The number of benzene rings is 1. The Kier molecular flexibility index (Phi) is 5.25. The summed E-state index contributed by atoms with van der Waals surface area (Å²) in [6.45, 7) is 5.57. The maximum Gasteiger partial charge on any atom is 0.354 e. The number of hydrogen-bond donors (Lipinski definition) is 2. The molecule has 0 spiro atoms. The topological polar surface area (TPSA) is 81.7 Å². The van der Waals surface area contributed by atoms with Crippen LogP contribution in [0.25, 0.3) is 10.9 Å². The number of ether oxygens (including phenoxy) is 1. The van der Waals surface area contributed by atoms with E-state index >= 15 is 0 Å². The third-order valence-electron chi connectivity index (χ3n) is 5.78. The van der Waals surface area contributed by atoms with E-state index in [1.54, 1.807) is 19.4 Å². The summed E-state index contributed by atoms with van der Waals surface area (Å²) in [5.41, 5.74) is 4.56. The van der Waals surface area contributed by atoms with Crippen LogP contribution in [0.2, 0.25) is 0 Å². The highest BCUT2D eigenvalue weighted by molar-refractivity contribution is 5.88. The second-order valence-electron chi connectivity index (χ2n) is 7.67. The molecule has 3 aromatic rings. The van der Waals surface area contributed by atoms with Gasteiger partial charge in [-0.3, -0.25) is 4.90 Å². The number of piperazine rings is 1. The number of nitrogens with zero attached hydrogens (tertiary/aromatic N) is 3. The molecule has 0 bridgehead atoms. The minimum atomic E-state index is -1.01. The first-order valence-corrected chi connectivity index (χ1v) is 9.73. The van der Waals surface area contributed by atoms with E-state index in [-0.39, 0.29) is 11.7 Å². The maximum atomic E-state index is 11.1. The van der Waals surface area contributed by atoms with Crippen molar-refractivity contribution in [2.75, 3.05) is 33.8 Å². The number of aromatic carboxylic acids is 1. The Labute approximate surface area is 169 Å². The highest BCUT2D eigenvalue weighted by Gasteiger charge is 2.28. The van der Waals surface area contributed by atoms with Crippen molar-refractivity contribution < 1.29 is 14.6 Å². The summed E-state index contributed by atoms with van der Waals surface area (Å²) >= 11 is 0. The second kappa shape index (κ2) is 7.85. The number of nitrogens with one attached hydrogen (secondary N) is 1. The van der Waals surface area contributed by atoms with Crippen molar-refractivity contribution in [2.24, 2.45) is 0 Å². The number of pyridine rings is 1. The molecule has 2 N–H and O–H groups in total. The maximum absolute atomic E-state index is 11.1. The lowest BCUT2D eigenvalue weighted by atomic mass is 10.00. The molecule has 0 amide bonds. The van der Waals surface area contributed by atoms with E-state index < -0.39 is 5.97 Å². The number of aryl methyl sites for hydroxylation is 1. The number of likely N-dealkylation sites (N-methyl/N-ethyl adjacent to an activating group) is 1. The number of rotatable bonds is 5. The summed E-state index contributed by atoms with van der Waals surface area (Å²) in [5, 5.41) is 10.3. The number of carboxylic acid groups (broad SMARTS) is 1. The predicted molar refractivity (Wildman–Crippen MR) is 111 cm³/mol. The fourth-order valence-electron chi connectivity index (χ4n) is 4.18. The van der Waals surface area contributed by atoms with Gasteiger partial charge < -0.3 is 19.7 Å². The average molecular weight is 394 g/mol. The van der Waals surface area contributed by atoms with Crippen LogP contribution < -0.4 is 4.74 Å². The van der Waals surface area contributed by atoms with Crippen molar-refractivity contribution in [2.45, 2.75) is 19.5 Å². The number of hydrogen-bond acceptors (Lipinski definition) is 5. The van der Waals surface area contributed by atoms with Crippen LogP contribution in [-0.2, 0) is 6.54 Å². The fourth-order valence-corrected chi connectivity index (χ4v) is 4.18. The van der Waals surface area contributed by atoms with E-state index in [1.807, 2.05) is 12.3 Å². The molecular weight excluding hydrogens is 368 g/mol. The Morgan fingerprint density at radius 2 is 2.17 bits per heavy atom. The number of aromatic amines is 1. The third-order valence-corrected chi connectivity index (χ3v) is 5.78. The number of carboxylic acids is 1. The monoisotopic (exact) mass is 394 g/mol. The van der Waals surface area contributed by atoms with Gasteiger partial charge in [-0.25, -0.2) is 9.78 Å². The van der Waals surface area contributed by atoms with Gasteiger partial charge >= 0.3 is 5.97 Å². The normalized spacial score (nSPS) is 18.2. The lowest BCUT2D eigenvalue weighted by Gasteiger charge is -2.40. The van der Waals surface area contributed by atoms with Gasteiger partial charge in [0.25, 0.3) is 0 Å². The first kappa shape index (κ1) is 19.4. The zero-order valence-electron chi connectivity index (χ0n) is 17.0. The molecule has 1 unspecified atom stereocenters. The van der Waals surface area contributed by atoms with Gasteiger partial charge in [-0.15, -0.1) is 0 Å². The zero-order chi connectivity index (χ0) is 20.5. The fraction of sp³-hybridized carbons (Fsp3) is 0.364. The number of carbonyl (C=O) groups is 1. The van der Waals surface area contributed by atoms with E-state index in [9.17, 15) is 4.79 Å². The summed E-state index contributed by atoms with van der Waals surface area (Å²) in [5.74, 6) is -0.111. The zero-order valence-corrected chi connectivity index (χ0v) is 17.0. The summed E-state index contributed by atoms with van der Waals surface area (Å²) in [6, 6.07) is 7.79. The Balaban J connectivity index is 1.69. The Bertz CT molecular complexity index is 1030. The van der Waals surface area contributed by atoms with Gasteiger partial charge in [0.05, 0.1) is 7.11 Å². The third kappa shape index (κ3) is 3.71. The smallest absolute Gasteiger partial charge is 0.354 e. The van der Waals surface area contributed by atoms with Crippen molar-refractivity contribution in [3.8, 4) is 5.75 Å². The van der Waals surface area contributed by atoms with E-state index in [4.69, 9.17) is 9.84 Å². The van der Waals surface area contributed by atoms with E-state index in [0.29, 0.717) is 0 Å². The molecule has 29 heavy (non-hydrogen) atoms. The van der Waals surface area contributed by atoms with Gasteiger partial charge in [0.1, 0.15) is 11.4 Å². The van der Waals surface area contributed by atoms with Gasteiger partial charge in [-0.05, 0) is 43.3 Å². The largest absolute Gasteiger partial charge is 0.496 e. The summed E-state index contributed by atoms with van der Waals surface area (Å²) in [7, 11) is 3.83. The molecule has 1 saturated heterocycles. The minimum Gasteiger partial charge on any atom is -0.496 e. The SMILES string of the molecule is COc1cc(C)c2[nH]ccc2c1CN1CCN(C)CC1c1ccc(C(=O)O)nc1. The van der Waals surface area contributed by atoms with E-state index in [1.165, 1.54) is 10.9 Å². The van der Waals surface area contributed by atoms with Crippen molar-refractivity contribution in [3.05, 3.63) is 59.0 Å². The number of H-pyrrole nitrogens is 1. The Morgan fingerprint density at radius 1 is 1.34 bits per heavy atom. The molecule has 1 aliphatic heterocycles. The van der Waals surface area contributed by atoms with Crippen molar-refractivity contribution in [3.63, 3.8) is 0 Å². The second-order valence-corrected chi connectivity index (χ2v) is 7.67. The summed E-state index contributed by atoms with van der Waals surface area (Å²) in [6.07, 6.45) is 3.66. The molecule has 0 radical (unpaired) electrons. The summed E-state index contributed by atoms with van der Waals surface area (Å²) < 4.78 is 5.72. The minimum absolute atomic E-state index is 0.0682. The van der Waals surface area contributed by atoms with Crippen LogP contribution in [0.5, 0.6) is 5.75 Å². The Hall–Kier alpha value is -2.90. The molecule has 7 heteroatoms. The lowest BCUT2D eigenvalue weighted by Crippen LogP contribution is -2.46. The van der Waals surface area contributed by atoms with Gasteiger partial charge in [0, 0.05) is 61.1 Å². The van der Waals surface area contributed by atoms with Crippen LogP contribution >= 0.6 is 0 Å². The van der Waals surface area contributed by atoms with E-state index in [2.05, 4.69) is 45.9 Å². The van der Waals surface area contributed by atoms with Gasteiger partial charge in [-0.1, -0.05) is 6.07 Å². The molecule has 0 saturated carbocycles. The van der Waals surface area contributed by atoms with Crippen LogP contribution in [0.1, 0.15) is 33.2 Å². The highest BCUT2D eigenvalue weighted by atomic mass is 16.5. The molecule has 3 heterocycles. The molecule has 1 aromatic carbocycles. The molecule has 1 fully saturated rings. The standard InChI is InChI=1S/C22H26N4O3/c1-14-10-20(29-3)17(16-6-7-23-21(14)16)12-26-9-8-25(2)13-19(26)15-4-5-18(22(27)28)24-11-15/h4-7,10-11,19,23H,8-9,12-13H2,1-3H3,(H,27,28). The number of aromatic nitrogens is 2. The molecule has 152 valence electrons. The molecular formula is C22H26N4O3. The molecule has 1 atom stereocenters. The predicted octanol–water partition coefficient (Wildman–Crippen LogP) is 3.07. The lowest BCUT2D eigenvalue weighted by molar-refractivity contribution is 0.0689. The molecule has 4 rings (SSSR count). The van der Waals surface area contributed by atoms with Crippen LogP contribution in [0.3, 0.4) is 0 Å². The first-order chi connectivity index (χ1) is 14.0. The van der Waals surface area contributed by atoms with E-state index in [0.717, 1.165) is 48.6 Å².